The topological polar surface area (TPSA) is 78.3 Å². The van der Waals surface area contributed by atoms with Crippen molar-refractivity contribution in [2.45, 2.75) is 6.61 Å². The molecule has 0 aromatic heterocycles. The summed E-state index contributed by atoms with van der Waals surface area (Å²) in [4.78, 5) is 11.2. The van der Waals surface area contributed by atoms with Crippen LogP contribution in [0.15, 0.2) is 46.9 Å². The molecule has 2 aromatic carbocycles. The van der Waals surface area contributed by atoms with Gasteiger partial charge in [-0.2, -0.15) is 0 Å². The van der Waals surface area contributed by atoms with E-state index in [-0.39, 0.29) is 5.56 Å². The van der Waals surface area contributed by atoms with Crippen LogP contribution in [0.1, 0.15) is 15.9 Å². The van der Waals surface area contributed by atoms with Crippen LogP contribution in [0.25, 0.3) is 0 Å². The Morgan fingerprint density at radius 3 is 2.63 bits per heavy atom. The van der Waals surface area contributed by atoms with Crippen LogP contribution in [0.5, 0.6) is 5.75 Å². The Morgan fingerprint density at radius 2 is 1.95 bits per heavy atom. The van der Waals surface area contributed by atoms with Crippen molar-refractivity contribution >= 4 is 27.5 Å². The van der Waals surface area contributed by atoms with Gasteiger partial charge in [0, 0.05) is 15.7 Å². The standard InChI is InChI=1S/C14H13BrN2O2/c15-12-4-2-1-3-9(12)8-19-10-5-6-13(16)11(7-10)14(17)18/h1-7H,8,16H2,(H2,17,18). The predicted molar refractivity (Wildman–Crippen MR) is 77.8 cm³/mol. The number of anilines is 1. The second-order valence-electron chi connectivity index (χ2n) is 3.99. The molecule has 98 valence electrons. The van der Waals surface area contributed by atoms with Crippen molar-refractivity contribution in [3.05, 3.63) is 58.1 Å². The molecule has 0 saturated heterocycles. The van der Waals surface area contributed by atoms with Gasteiger partial charge in [0.1, 0.15) is 12.4 Å². The Balaban J connectivity index is 2.14. The lowest BCUT2D eigenvalue weighted by Gasteiger charge is -2.09. The molecule has 0 aliphatic rings. The summed E-state index contributed by atoms with van der Waals surface area (Å²) in [7, 11) is 0. The SMILES string of the molecule is NC(=O)c1cc(OCc2ccccc2Br)ccc1N. The molecule has 2 aromatic rings. The number of carbonyl (C=O) groups excluding carboxylic acids is 1. The number of amides is 1. The molecule has 5 heteroatoms. The van der Waals surface area contributed by atoms with E-state index < -0.39 is 5.91 Å². The van der Waals surface area contributed by atoms with Gasteiger partial charge in [0.05, 0.1) is 5.56 Å². The van der Waals surface area contributed by atoms with Gasteiger partial charge < -0.3 is 16.2 Å². The molecule has 0 saturated carbocycles. The molecule has 1 amide bonds. The minimum atomic E-state index is -0.566. The summed E-state index contributed by atoms with van der Waals surface area (Å²) in [6, 6.07) is 12.6. The molecular formula is C14H13BrN2O2. The van der Waals surface area contributed by atoms with Gasteiger partial charge in [-0.25, -0.2) is 0 Å². The predicted octanol–water partition coefficient (Wildman–Crippen LogP) is 2.71. The first-order valence-electron chi connectivity index (χ1n) is 5.63. The van der Waals surface area contributed by atoms with E-state index in [0.717, 1.165) is 10.0 Å². The lowest BCUT2D eigenvalue weighted by atomic mass is 10.1. The van der Waals surface area contributed by atoms with Crippen molar-refractivity contribution in [1.29, 1.82) is 0 Å². The Bertz CT molecular complexity index is 614. The van der Waals surface area contributed by atoms with Gasteiger partial charge in [-0.3, -0.25) is 4.79 Å². The summed E-state index contributed by atoms with van der Waals surface area (Å²) >= 11 is 3.45. The zero-order valence-electron chi connectivity index (χ0n) is 10.1. The van der Waals surface area contributed by atoms with E-state index in [0.29, 0.717) is 18.0 Å². The number of carbonyl (C=O) groups is 1. The van der Waals surface area contributed by atoms with Crippen molar-refractivity contribution in [3.63, 3.8) is 0 Å². The minimum absolute atomic E-state index is 0.268. The fourth-order valence-electron chi connectivity index (χ4n) is 1.62. The number of primary amides is 1. The second-order valence-corrected chi connectivity index (χ2v) is 4.85. The third-order valence-electron chi connectivity index (χ3n) is 2.64. The molecular weight excluding hydrogens is 308 g/mol. The van der Waals surface area contributed by atoms with E-state index in [9.17, 15) is 4.79 Å². The molecule has 0 aliphatic heterocycles. The van der Waals surface area contributed by atoms with E-state index in [1.165, 1.54) is 0 Å². The van der Waals surface area contributed by atoms with Crippen LogP contribution in [0, 0.1) is 0 Å². The third-order valence-corrected chi connectivity index (χ3v) is 3.42. The summed E-state index contributed by atoms with van der Waals surface area (Å²) in [6.45, 7) is 0.392. The molecule has 4 N–H and O–H groups in total. The molecule has 19 heavy (non-hydrogen) atoms. The van der Waals surface area contributed by atoms with Gasteiger partial charge in [-0.1, -0.05) is 34.1 Å². The van der Waals surface area contributed by atoms with E-state index in [2.05, 4.69) is 15.9 Å². The van der Waals surface area contributed by atoms with Crippen molar-refractivity contribution < 1.29 is 9.53 Å². The van der Waals surface area contributed by atoms with Gasteiger partial charge >= 0.3 is 0 Å². The molecule has 0 atom stereocenters. The van der Waals surface area contributed by atoms with Crippen molar-refractivity contribution in [1.82, 2.24) is 0 Å². The first kappa shape index (κ1) is 13.4. The zero-order chi connectivity index (χ0) is 13.8. The normalized spacial score (nSPS) is 10.2. The summed E-state index contributed by atoms with van der Waals surface area (Å²) in [5.41, 5.74) is 12.5. The lowest BCUT2D eigenvalue weighted by molar-refractivity contribution is 0.100. The molecule has 4 nitrogen and oxygen atoms in total. The zero-order valence-corrected chi connectivity index (χ0v) is 11.7. The van der Waals surface area contributed by atoms with Gasteiger partial charge in [-0.05, 0) is 24.3 Å². The summed E-state index contributed by atoms with van der Waals surface area (Å²) in [5, 5.41) is 0. The Kier molecular flexibility index (Phi) is 4.06. The van der Waals surface area contributed by atoms with Crippen molar-refractivity contribution in [2.24, 2.45) is 5.73 Å². The van der Waals surface area contributed by atoms with Crippen LogP contribution in [0.2, 0.25) is 0 Å². The Hall–Kier alpha value is -2.01. The molecule has 0 spiro atoms. The van der Waals surface area contributed by atoms with Crippen LogP contribution in [-0.4, -0.2) is 5.91 Å². The maximum atomic E-state index is 11.2. The monoisotopic (exact) mass is 320 g/mol. The smallest absolute Gasteiger partial charge is 0.250 e. The molecule has 0 unspecified atom stereocenters. The fraction of sp³-hybridized carbons (Fsp3) is 0.0714. The highest BCUT2D eigenvalue weighted by Crippen LogP contribution is 2.22. The third kappa shape index (κ3) is 3.26. The number of nitrogen functional groups attached to an aromatic ring is 1. The number of hydrogen-bond acceptors (Lipinski definition) is 3. The van der Waals surface area contributed by atoms with Crippen LogP contribution < -0.4 is 16.2 Å². The van der Waals surface area contributed by atoms with Crippen LogP contribution in [0.3, 0.4) is 0 Å². The molecule has 2 rings (SSSR count). The van der Waals surface area contributed by atoms with Crippen LogP contribution in [-0.2, 0) is 6.61 Å². The first-order valence-corrected chi connectivity index (χ1v) is 6.43. The molecule has 0 fully saturated rings. The number of benzene rings is 2. The Morgan fingerprint density at radius 1 is 1.21 bits per heavy atom. The van der Waals surface area contributed by atoms with Crippen LogP contribution in [0.4, 0.5) is 5.69 Å². The lowest BCUT2D eigenvalue weighted by Crippen LogP contribution is -2.13. The number of ether oxygens (including phenoxy) is 1. The van der Waals surface area contributed by atoms with E-state index in [1.807, 2.05) is 24.3 Å². The highest BCUT2D eigenvalue weighted by atomic mass is 79.9. The van der Waals surface area contributed by atoms with Gasteiger partial charge in [0.25, 0.3) is 5.91 Å². The highest BCUT2D eigenvalue weighted by Gasteiger charge is 2.08. The van der Waals surface area contributed by atoms with E-state index in [1.54, 1.807) is 18.2 Å². The second kappa shape index (κ2) is 5.75. The average molecular weight is 321 g/mol. The summed E-state index contributed by atoms with van der Waals surface area (Å²) < 4.78 is 6.60. The summed E-state index contributed by atoms with van der Waals surface area (Å²) in [6.07, 6.45) is 0. The maximum Gasteiger partial charge on any atom is 0.250 e. The Labute approximate surface area is 119 Å². The first-order chi connectivity index (χ1) is 9.08. The number of hydrogen-bond donors (Lipinski definition) is 2. The minimum Gasteiger partial charge on any atom is -0.489 e. The highest BCUT2D eigenvalue weighted by molar-refractivity contribution is 9.10. The van der Waals surface area contributed by atoms with Crippen molar-refractivity contribution in [2.75, 3.05) is 5.73 Å². The number of rotatable bonds is 4. The van der Waals surface area contributed by atoms with Crippen molar-refractivity contribution in [3.8, 4) is 5.75 Å². The summed E-state index contributed by atoms with van der Waals surface area (Å²) in [5.74, 6) is -0.0115. The number of nitrogens with two attached hydrogens (primary N) is 2. The van der Waals surface area contributed by atoms with Gasteiger partial charge in [0.2, 0.25) is 0 Å². The molecule has 0 aliphatic carbocycles. The quantitative estimate of drug-likeness (QED) is 0.850. The molecule has 0 radical (unpaired) electrons. The fourth-order valence-corrected chi connectivity index (χ4v) is 2.01. The molecule has 0 bridgehead atoms. The largest absolute Gasteiger partial charge is 0.489 e. The van der Waals surface area contributed by atoms with E-state index >= 15 is 0 Å². The van der Waals surface area contributed by atoms with Crippen LogP contribution >= 0.6 is 15.9 Å². The number of halogens is 1. The molecule has 0 heterocycles. The van der Waals surface area contributed by atoms with Gasteiger partial charge in [0.15, 0.2) is 0 Å². The van der Waals surface area contributed by atoms with Gasteiger partial charge in [-0.15, -0.1) is 0 Å². The average Bonchev–Trinajstić information content (AvgIpc) is 2.39. The van der Waals surface area contributed by atoms with E-state index in [4.69, 9.17) is 16.2 Å². The maximum absolute atomic E-state index is 11.2.